The van der Waals surface area contributed by atoms with Gasteiger partial charge in [0.1, 0.15) is 0 Å². The minimum Gasteiger partial charge on any atom is -0.271 e. The van der Waals surface area contributed by atoms with Gasteiger partial charge < -0.3 is 0 Å². The topological polar surface area (TPSA) is 38.0 Å². The predicted molar refractivity (Wildman–Crippen MR) is 71.1 cm³/mol. The number of nitrogens with one attached hydrogen (secondary N) is 1. The van der Waals surface area contributed by atoms with Gasteiger partial charge in [-0.25, -0.2) is 0 Å². The van der Waals surface area contributed by atoms with E-state index < -0.39 is 0 Å². The SMILES string of the molecule is CC#CCC(NN)C1CCc2ccccc2C1. The number of rotatable bonds is 3. The maximum absolute atomic E-state index is 5.65. The van der Waals surface area contributed by atoms with Crippen molar-refractivity contribution in [2.75, 3.05) is 0 Å². The molecule has 2 rings (SSSR count). The number of nitrogens with two attached hydrogens (primary N) is 1. The van der Waals surface area contributed by atoms with Crippen molar-refractivity contribution in [3.8, 4) is 11.8 Å². The van der Waals surface area contributed by atoms with Crippen molar-refractivity contribution in [1.29, 1.82) is 0 Å². The summed E-state index contributed by atoms with van der Waals surface area (Å²) in [7, 11) is 0. The van der Waals surface area contributed by atoms with Crippen LogP contribution in [0, 0.1) is 17.8 Å². The molecule has 0 spiro atoms. The van der Waals surface area contributed by atoms with Crippen LogP contribution in [0.2, 0.25) is 0 Å². The smallest absolute Gasteiger partial charge is 0.0351 e. The lowest BCUT2D eigenvalue weighted by Gasteiger charge is -2.30. The van der Waals surface area contributed by atoms with Gasteiger partial charge in [0.15, 0.2) is 0 Å². The molecule has 1 aliphatic carbocycles. The number of fused-ring (bicyclic) bond motifs is 1. The van der Waals surface area contributed by atoms with Crippen molar-refractivity contribution < 1.29 is 0 Å². The van der Waals surface area contributed by atoms with Gasteiger partial charge >= 0.3 is 0 Å². The van der Waals surface area contributed by atoms with Gasteiger partial charge in [-0.2, -0.15) is 0 Å². The fraction of sp³-hybridized carbons (Fsp3) is 0.467. The van der Waals surface area contributed by atoms with Crippen LogP contribution in [0.4, 0.5) is 0 Å². The minimum atomic E-state index is 0.316. The van der Waals surface area contributed by atoms with Crippen molar-refractivity contribution in [3.05, 3.63) is 35.4 Å². The van der Waals surface area contributed by atoms with Crippen LogP contribution in [0.1, 0.15) is 30.9 Å². The molecule has 0 saturated carbocycles. The number of hydrogen-bond acceptors (Lipinski definition) is 2. The Hall–Kier alpha value is -1.30. The molecule has 0 heterocycles. The fourth-order valence-corrected chi connectivity index (χ4v) is 2.64. The molecule has 90 valence electrons. The first-order valence-corrected chi connectivity index (χ1v) is 6.27. The van der Waals surface area contributed by atoms with Gasteiger partial charge in [0.25, 0.3) is 0 Å². The van der Waals surface area contributed by atoms with E-state index in [4.69, 9.17) is 5.84 Å². The zero-order valence-corrected chi connectivity index (χ0v) is 10.4. The molecule has 0 saturated heterocycles. The van der Waals surface area contributed by atoms with Crippen LogP contribution in [-0.4, -0.2) is 6.04 Å². The summed E-state index contributed by atoms with van der Waals surface area (Å²) in [6.07, 6.45) is 4.34. The standard InChI is InChI=1S/C15H20N2/c1-2-3-8-15(17-16)14-10-9-12-6-4-5-7-13(12)11-14/h4-7,14-15,17H,8-11,16H2,1H3. The van der Waals surface area contributed by atoms with Crippen LogP contribution in [0.5, 0.6) is 0 Å². The normalized spacial score (nSPS) is 20.0. The van der Waals surface area contributed by atoms with Gasteiger partial charge in [-0.3, -0.25) is 11.3 Å². The average Bonchev–Trinajstić information content (AvgIpc) is 2.39. The number of benzene rings is 1. The van der Waals surface area contributed by atoms with Crippen molar-refractivity contribution >= 4 is 0 Å². The number of hydrogen-bond donors (Lipinski definition) is 2. The first-order chi connectivity index (χ1) is 8.35. The molecule has 17 heavy (non-hydrogen) atoms. The highest BCUT2D eigenvalue weighted by molar-refractivity contribution is 5.30. The number of aryl methyl sites for hydroxylation is 1. The van der Waals surface area contributed by atoms with Crippen LogP contribution in [0.3, 0.4) is 0 Å². The van der Waals surface area contributed by atoms with E-state index in [1.54, 1.807) is 0 Å². The Morgan fingerprint density at radius 3 is 2.88 bits per heavy atom. The van der Waals surface area contributed by atoms with Crippen LogP contribution >= 0.6 is 0 Å². The van der Waals surface area contributed by atoms with Gasteiger partial charge in [0.2, 0.25) is 0 Å². The van der Waals surface area contributed by atoms with E-state index in [-0.39, 0.29) is 0 Å². The Labute approximate surface area is 104 Å². The molecule has 1 aromatic rings. The monoisotopic (exact) mass is 228 g/mol. The molecule has 0 aliphatic heterocycles. The summed E-state index contributed by atoms with van der Waals surface area (Å²) in [5.74, 6) is 12.3. The van der Waals surface area contributed by atoms with E-state index >= 15 is 0 Å². The highest BCUT2D eigenvalue weighted by Gasteiger charge is 2.24. The summed E-state index contributed by atoms with van der Waals surface area (Å²) in [5.41, 5.74) is 5.92. The Morgan fingerprint density at radius 1 is 1.41 bits per heavy atom. The molecular formula is C15H20N2. The Balaban J connectivity index is 2.07. The molecule has 0 amide bonds. The molecule has 2 heteroatoms. The quantitative estimate of drug-likeness (QED) is 0.472. The highest BCUT2D eigenvalue weighted by atomic mass is 15.2. The molecular weight excluding hydrogens is 208 g/mol. The molecule has 3 N–H and O–H groups in total. The molecule has 2 nitrogen and oxygen atoms in total. The van der Waals surface area contributed by atoms with Gasteiger partial charge in [0, 0.05) is 12.5 Å². The largest absolute Gasteiger partial charge is 0.271 e. The lowest BCUT2D eigenvalue weighted by molar-refractivity contribution is 0.327. The average molecular weight is 228 g/mol. The van der Waals surface area contributed by atoms with E-state index in [0.717, 1.165) is 12.8 Å². The molecule has 0 radical (unpaired) electrons. The zero-order chi connectivity index (χ0) is 12.1. The van der Waals surface area contributed by atoms with Crippen molar-refractivity contribution in [3.63, 3.8) is 0 Å². The second-order valence-corrected chi connectivity index (χ2v) is 4.68. The summed E-state index contributed by atoms with van der Waals surface area (Å²) in [6, 6.07) is 9.04. The van der Waals surface area contributed by atoms with E-state index in [1.165, 1.54) is 24.0 Å². The van der Waals surface area contributed by atoms with Gasteiger partial charge in [-0.05, 0) is 43.2 Å². The van der Waals surface area contributed by atoms with Crippen LogP contribution < -0.4 is 11.3 Å². The Kier molecular flexibility index (Phi) is 4.19. The first kappa shape index (κ1) is 12.2. The summed E-state index contributed by atoms with van der Waals surface area (Å²) in [4.78, 5) is 0. The Bertz CT molecular complexity index is 428. The molecule has 0 aromatic heterocycles. The second kappa shape index (κ2) is 5.86. The molecule has 2 unspecified atom stereocenters. The number of hydrazine groups is 1. The maximum Gasteiger partial charge on any atom is 0.0351 e. The lowest BCUT2D eigenvalue weighted by atomic mass is 9.79. The van der Waals surface area contributed by atoms with E-state index in [2.05, 4.69) is 41.5 Å². The van der Waals surface area contributed by atoms with Gasteiger partial charge in [0.05, 0.1) is 0 Å². The molecule has 0 bridgehead atoms. The third-order valence-electron chi connectivity index (χ3n) is 3.67. The molecule has 0 fully saturated rings. The minimum absolute atomic E-state index is 0.316. The van der Waals surface area contributed by atoms with Gasteiger partial charge in [-0.1, -0.05) is 24.3 Å². The van der Waals surface area contributed by atoms with E-state index in [0.29, 0.717) is 12.0 Å². The predicted octanol–water partition coefficient (Wildman–Crippen LogP) is 2.04. The van der Waals surface area contributed by atoms with Crippen LogP contribution in [0.25, 0.3) is 0 Å². The van der Waals surface area contributed by atoms with Gasteiger partial charge in [-0.15, -0.1) is 11.8 Å². The lowest BCUT2D eigenvalue weighted by Crippen LogP contribution is -2.42. The summed E-state index contributed by atoms with van der Waals surface area (Å²) in [5, 5.41) is 0. The summed E-state index contributed by atoms with van der Waals surface area (Å²) >= 11 is 0. The first-order valence-electron chi connectivity index (χ1n) is 6.27. The Morgan fingerprint density at radius 2 is 2.18 bits per heavy atom. The van der Waals surface area contributed by atoms with Crippen molar-refractivity contribution in [2.24, 2.45) is 11.8 Å². The fourth-order valence-electron chi connectivity index (χ4n) is 2.64. The third-order valence-corrected chi connectivity index (χ3v) is 3.67. The summed E-state index contributed by atoms with van der Waals surface area (Å²) < 4.78 is 0. The summed E-state index contributed by atoms with van der Waals surface area (Å²) in [6.45, 7) is 1.88. The molecule has 1 aliphatic rings. The highest BCUT2D eigenvalue weighted by Crippen LogP contribution is 2.28. The van der Waals surface area contributed by atoms with Crippen LogP contribution in [-0.2, 0) is 12.8 Å². The molecule has 2 atom stereocenters. The van der Waals surface area contributed by atoms with E-state index in [1.807, 2.05) is 6.92 Å². The van der Waals surface area contributed by atoms with Crippen molar-refractivity contribution in [2.45, 2.75) is 38.6 Å². The van der Waals surface area contributed by atoms with Crippen LogP contribution in [0.15, 0.2) is 24.3 Å². The third kappa shape index (κ3) is 2.88. The second-order valence-electron chi connectivity index (χ2n) is 4.68. The zero-order valence-electron chi connectivity index (χ0n) is 10.4. The maximum atomic E-state index is 5.65. The molecule has 1 aromatic carbocycles. The van der Waals surface area contributed by atoms with Crippen molar-refractivity contribution in [1.82, 2.24) is 5.43 Å². The van der Waals surface area contributed by atoms with E-state index in [9.17, 15) is 0 Å².